The molecule has 2 N–H and O–H groups in total. The van der Waals surface area contributed by atoms with Gasteiger partial charge in [0.2, 0.25) is 0 Å². The van der Waals surface area contributed by atoms with Crippen LogP contribution in [0.1, 0.15) is 33.2 Å². The maximum atomic E-state index is 12.0. The molecule has 24 heavy (non-hydrogen) atoms. The lowest BCUT2D eigenvalue weighted by Crippen LogP contribution is -2.28. The summed E-state index contributed by atoms with van der Waals surface area (Å²) in [6.45, 7) is 2.31. The summed E-state index contributed by atoms with van der Waals surface area (Å²) in [6, 6.07) is 14.1. The third kappa shape index (κ3) is 4.67. The van der Waals surface area contributed by atoms with E-state index in [0.717, 1.165) is 4.47 Å². The van der Waals surface area contributed by atoms with Crippen LogP contribution in [-0.2, 0) is 0 Å². The highest BCUT2D eigenvalue weighted by Crippen LogP contribution is 2.17. The Bertz CT molecular complexity index is 812. The van der Waals surface area contributed by atoms with Crippen molar-refractivity contribution >= 4 is 33.3 Å². The molecular weight excluding hydrogens is 370 g/mol. The predicted molar refractivity (Wildman–Crippen MR) is 96.1 cm³/mol. The Morgan fingerprint density at radius 1 is 1.12 bits per heavy atom. The van der Waals surface area contributed by atoms with Crippen LogP contribution in [0, 0.1) is 11.3 Å². The Kier molecular flexibility index (Phi) is 6.10. The fourth-order valence-electron chi connectivity index (χ4n) is 2.11. The van der Waals surface area contributed by atoms with Gasteiger partial charge in [0.25, 0.3) is 5.91 Å². The van der Waals surface area contributed by atoms with Crippen LogP contribution in [0.3, 0.4) is 0 Å². The van der Waals surface area contributed by atoms with Gasteiger partial charge in [0, 0.05) is 28.7 Å². The molecule has 0 aromatic heterocycles. The molecule has 2 aromatic carbocycles. The summed E-state index contributed by atoms with van der Waals surface area (Å²) < 4.78 is 0.841. The molecule has 0 atom stereocenters. The van der Waals surface area contributed by atoms with E-state index in [1.165, 1.54) is 6.92 Å². The molecule has 122 valence electrons. The maximum Gasteiger partial charge on any atom is 0.251 e. The van der Waals surface area contributed by atoms with Gasteiger partial charge in [-0.15, -0.1) is 0 Å². The normalized spacial score (nSPS) is 9.88. The summed E-state index contributed by atoms with van der Waals surface area (Å²) >= 11 is 3.33. The number of nitrogens with one attached hydrogen (secondary N) is 2. The minimum Gasteiger partial charge on any atom is -0.382 e. The van der Waals surface area contributed by atoms with Crippen molar-refractivity contribution in [1.82, 2.24) is 5.32 Å². The largest absolute Gasteiger partial charge is 0.382 e. The topological polar surface area (TPSA) is 82.0 Å². The first kappa shape index (κ1) is 17.7. The van der Waals surface area contributed by atoms with E-state index in [2.05, 4.69) is 32.6 Å². The quantitative estimate of drug-likeness (QED) is 0.589. The minimum absolute atomic E-state index is 0.0644. The van der Waals surface area contributed by atoms with Crippen molar-refractivity contribution in [2.24, 2.45) is 0 Å². The number of anilines is 1. The van der Waals surface area contributed by atoms with Gasteiger partial charge in [0.15, 0.2) is 5.78 Å². The highest BCUT2D eigenvalue weighted by Gasteiger charge is 2.07. The van der Waals surface area contributed by atoms with E-state index in [1.807, 2.05) is 6.07 Å². The zero-order valence-corrected chi connectivity index (χ0v) is 14.7. The lowest BCUT2D eigenvalue weighted by Gasteiger charge is -2.10. The van der Waals surface area contributed by atoms with Crippen LogP contribution < -0.4 is 10.6 Å². The van der Waals surface area contributed by atoms with E-state index in [-0.39, 0.29) is 11.7 Å². The molecule has 0 aliphatic rings. The predicted octanol–water partition coefficient (Wildman–Crippen LogP) is 3.37. The number of ketones is 1. The van der Waals surface area contributed by atoms with E-state index in [4.69, 9.17) is 5.26 Å². The first-order valence-corrected chi connectivity index (χ1v) is 8.13. The number of amides is 1. The molecule has 0 saturated carbocycles. The average molecular weight is 386 g/mol. The number of nitriles is 1. The SMILES string of the molecule is CC(=O)c1ccc(C#N)c(NCCNC(=O)c2cccc(Br)c2)c1. The molecule has 2 aromatic rings. The number of rotatable bonds is 6. The van der Waals surface area contributed by atoms with Crippen LogP contribution >= 0.6 is 15.9 Å². The van der Waals surface area contributed by atoms with E-state index < -0.39 is 0 Å². The second-order valence-corrected chi connectivity index (χ2v) is 6.04. The van der Waals surface area contributed by atoms with Crippen LogP contribution in [0.5, 0.6) is 0 Å². The highest BCUT2D eigenvalue weighted by molar-refractivity contribution is 9.10. The van der Waals surface area contributed by atoms with Gasteiger partial charge in [-0.2, -0.15) is 5.26 Å². The molecule has 0 fully saturated rings. The van der Waals surface area contributed by atoms with Crippen molar-refractivity contribution < 1.29 is 9.59 Å². The smallest absolute Gasteiger partial charge is 0.251 e. The van der Waals surface area contributed by atoms with E-state index >= 15 is 0 Å². The minimum atomic E-state index is -0.170. The molecule has 5 nitrogen and oxygen atoms in total. The van der Waals surface area contributed by atoms with E-state index in [1.54, 1.807) is 36.4 Å². The van der Waals surface area contributed by atoms with Crippen molar-refractivity contribution in [3.05, 3.63) is 63.6 Å². The van der Waals surface area contributed by atoms with Gasteiger partial charge in [0.05, 0.1) is 11.3 Å². The standard InChI is InChI=1S/C18H16BrN3O2/c1-12(23)13-5-6-15(11-20)17(10-13)21-7-8-22-18(24)14-3-2-4-16(19)9-14/h2-6,9-10,21H,7-8H2,1H3,(H,22,24). The van der Waals surface area contributed by atoms with Gasteiger partial charge in [-0.25, -0.2) is 0 Å². The highest BCUT2D eigenvalue weighted by atomic mass is 79.9. The number of hydrogen-bond acceptors (Lipinski definition) is 4. The molecule has 2 rings (SSSR count). The fraction of sp³-hybridized carbons (Fsp3) is 0.167. The second kappa shape index (κ2) is 8.27. The number of hydrogen-bond donors (Lipinski definition) is 2. The second-order valence-electron chi connectivity index (χ2n) is 5.12. The molecule has 6 heteroatoms. The molecule has 0 unspecified atom stereocenters. The molecule has 0 saturated heterocycles. The van der Waals surface area contributed by atoms with Crippen molar-refractivity contribution in [1.29, 1.82) is 5.26 Å². The van der Waals surface area contributed by atoms with Crippen LogP contribution in [0.2, 0.25) is 0 Å². The van der Waals surface area contributed by atoms with Gasteiger partial charge < -0.3 is 10.6 Å². The zero-order valence-electron chi connectivity index (χ0n) is 13.1. The lowest BCUT2D eigenvalue weighted by molar-refractivity contribution is 0.0954. The monoisotopic (exact) mass is 385 g/mol. The molecule has 0 radical (unpaired) electrons. The molecule has 0 bridgehead atoms. The van der Waals surface area contributed by atoms with Crippen molar-refractivity contribution in [2.75, 3.05) is 18.4 Å². The van der Waals surface area contributed by atoms with Crippen LogP contribution in [-0.4, -0.2) is 24.8 Å². The number of carbonyl (C=O) groups excluding carboxylic acids is 2. The Hall–Kier alpha value is -2.65. The van der Waals surface area contributed by atoms with Crippen LogP contribution in [0.15, 0.2) is 46.9 Å². The average Bonchev–Trinajstić information content (AvgIpc) is 2.58. The van der Waals surface area contributed by atoms with Gasteiger partial charge in [-0.3, -0.25) is 9.59 Å². The van der Waals surface area contributed by atoms with E-state index in [9.17, 15) is 9.59 Å². The first-order chi connectivity index (χ1) is 11.5. The van der Waals surface area contributed by atoms with Crippen molar-refractivity contribution in [3.63, 3.8) is 0 Å². The lowest BCUT2D eigenvalue weighted by atomic mass is 10.1. The number of benzene rings is 2. The third-order valence-electron chi connectivity index (χ3n) is 3.36. The zero-order chi connectivity index (χ0) is 17.5. The Labute approximate surface area is 148 Å². The summed E-state index contributed by atoms with van der Waals surface area (Å²) in [7, 11) is 0. The number of nitrogens with zero attached hydrogens (tertiary/aromatic N) is 1. The Morgan fingerprint density at radius 3 is 2.58 bits per heavy atom. The Morgan fingerprint density at radius 2 is 1.92 bits per heavy atom. The summed E-state index contributed by atoms with van der Waals surface area (Å²) in [5.41, 5.74) is 2.15. The maximum absolute atomic E-state index is 12.0. The van der Waals surface area contributed by atoms with Crippen molar-refractivity contribution in [3.8, 4) is 6.07 Å². The molecule has 1 amide bonds. The van der Waals surface area contributed by atoms with Gasteiger partial charge in [-0.05, 0) is 43.3 Å². The molecular formula is C18H16BrN3O2. The van der Waals surface area contributed by atoms with Gasteiger partial charge in [-0.1, -0.05) is 22.0 Å². The third-order valence-corrected chi connectivity index (χ3v) is 3.85. The number of halogens is 1. The first-order valence-electron chi connectivity index (χ1n) is 7.34. The summed E-state index contributed by atoms with van der Waals surface area (Å²) in [5, 5.41) is 15.0. The molecule has 0 aliphatic heterocycles. The Balaban J connectivity index is 1.92. The van der Waals surface area contributed by atoms with Gasteiger partial charge >= 0.3 is 0 Å². The van der Waals surface area contributed by atoms with Gasteiger partial charge in [0.1, 0.15) is 6.07 Å². The molecule has 0 spiro atoms. The number of Topliss-reactive ketones (excluding diaryl/α,β-unsaturated/α-hetero) is 1. The van der Waals surface area contributed by atoms with Crippen molar-refractivity contribution in [2.45, 2.75) is 6.92 Å². The van der Waals surface area contributed by atoms with Crippen LogP contribution in [0.4, 0.5) is 5.69 Å². The fourth-order valence-corrected chi connectivity index (χ4v) is 2.51. The summed E-state index contributed by atoms with van der Waals surface area (Å²) in [6.07, 6.45) is 0. The summed E-state index contributed by atoms with van der Waals surface area (Å²) in [5.74, 6) is -0.235. The van der Waals surface area contributed by atoms with E-state index in [0.29, 0.717) is 35.5 Å². The molecule has 0 heterocycles. The van der Waals surface area contributed by atoms with Crippen LogP contribution in [0.25, 0.3) is 0 Å². The summed E-state index contributed by atoms with van der Waals surface area (Å²) in [4.78, 5) is 23.4. The molecule has 0 aliphatic carbocycles. The number of carbonyl (C=O) groups is 2.